The van der Waals surface area contributed by atoms with Crippen LogP contribution in [-0.4, -0.2) is 72.3 Å². The van der Waals surface area contributed by atoms with E-state index in [0.29, 0.717) is 32.7 Å². The van der Waals surface area contributed by atoms with Crippen molar-refractivity contribution < 1.29 is 41.7 Å². The number of anilines is 1. The summed E-state index contributed by atoms with van der Waals surface area (Å²) in [6.07, 6.45) is -0.102. The molecule has 1 aromatic carbocycles. The van der Waals surface area contributed by atoms with Gasteiger partial charge in [-0.15, -0.1) is 0 Å². The average molecular weight is 626 g/mol. The molecule has 1 saturated carbocycles. The second kappa shape index (κ2) is 13.9. The molecule has 1 aliphatic carbocycles. The van der Waals surface area contributed by atoms with Crippen molar-refractivity contribution in [1.29, 1.82) is 5.26 Å². The molecule has 2 aliphatic heterocycles. The molecular formula is C30H38F3N3O6S. The molecule has 3 aliphatic rings. The number of esters is 1. The number of hydrogen-bond acceptors (Lipinski definition) is 8. The van der Waals surface area contributed by atoms with Gasteiger partial charge in [0.25, 0.3) is 5.91 Å². The fourth-order valence-electron chi connectivity index (χ4n) is 6.14. The number of nitriles is 1. The molecule has 1 atom stereocenters. The third-order valence-electron chi connectivity index (χ3n) is 8.17. The van der Waals surface area contributed by atoms with Crippen LogP contribution >= 0.6 is 12.2 Å². The summed E-state index contributed by atoms with van der Waals surface area (Å²) < 4.78 is 65.1. The summed E-state index contributed by atoms with van der Waals surface area (Å²) in [6, 6.07) is 3.67. The second-order valence-corrected chi connectivity index (χ2v) is 11.8. The number of hydrogen-bond donors (Lipinski definition) is 0. The van der Waals surface area contributed by atoms with Crippen molar-refractivity contribution in [2.24, 2.45) is 0 Å². The fourth-order valence-corrected chi connectivity index (χ4v) is 6.70. The van der Waals surface area contributed by atoms with Crippen LogP contribution in [0.5, 0.6) is 0 Å². The van der Waals surface area contributed by atoms with Gasteiger partial charge in [0.2, 0.25) is 0 Å². The predicted octanol–water partition coefficient (Wildman–Crippen LogP) is 5.27. The Balaban J connectivity index is 1.51. The first-order valence-corrected chi connectivity index (χ1v) is 15.1. The lowest BCUT2D eigenvalue weighted by Crippen LogP contribution is -2.51. The van der Waals surface area contributed by atoms with Gasteiger partial charge in [0.05, 0.1) is 55.2 Å². The molecule has 0 N–H and O–H groups in total. The Morgan fingerprint density at radius 1 is 1.14 bits per heavy atom. The predicted molar refractivity (Wildman–Crippen MR) is 154 cm³/mol. The number of carbonyl (C=O) groups is 2. The van der Waals surface area contributed by atoms with Gasteiger partial charge in [-0.2, -0.15) is 18.4 Å². The van der Waals surface area contributed by atoms with E-state index in [2.05, 4.69) is 0 Å². The maximum atomic E-state index is 14.3. The molecule has 1 aromatic rings. The number of alkyl halides is 3. The van der Waals surface area contributed by atoms with Crippen LogP contribution in [0.1, 0.15) is 82.4 Å². The van der Waals surface area contributed by atoms with Gasteiger partial charge in [0, 0.05) is 18.2 Å². The number of amides is 1. The van der Waals surface area contributed by atoms with E-state index in [-0.39, 0.29) is 35.8 Å². The van der Waals surface area contributed by atoms with E-state index in [0.717, 1.165) is 43.1 Å². The highest BCUT2D eigenvalue weighted by Crippen LogP contribution is 2.43. The maximum Gasteiger partial charge on any atom is 0.418 e. The Morgan fingerprint density at radius 3 is 2.44 bits per heavy atom. The minimum absolute atomic E-state index is 0.0160. The first kappa shape index (κ1) is 33.1. The van der Waals surface area contributed by atoms with Gasteiger partial charge in [0.1, 0.15) is 5.54 Å². The Kier molecular flexibility index (Phi) is 10.7. The Hall–Kier alpha value is -2.79. The van der Waals surface area contributed by atoms with Crippen LogP contribution < -0.4 is 4.90 Å². The summed E-state index contributed by atoms with van der Waals surface area (Å²) in [5, 5.41) is 9.50. The van der Waals surface area contributed by atoms with E-state index < -0.39 is 46.7 Å². The van der Waals surface area contributed by atoms with Gasteiger partial charge in [-0.25, -0.2) is 0 Å². The van der Waals surface area contributed by atoms with Crippen molar-refractivity contribution in [3.63, 3.8) is 0 Å². The zero-order chi connectivity index (χ0) is 31.4. The lowest BCUT2D eigenvalue weighted by atomic mass is 9.89. The van der Waals surface area contributed by atoms with Crippen molar-refractivity contribution in [2.45, 2.75) is 102 Å². The Morgan fingerprint density at radius 2 is 1.84 bits per heavy atom. The summed E-state index contributed by atoms with van der Waals surface area (Å²) in [5.41, 5.74) is -3.78. The zero-order valence-corrected chi connectivity index (χ0v) is 25.5. The second-order valence-electron chi connectivity index (χ2n) is 11.4. The molecule has 236 valence electrons. The highest BCUT2D eigenvalue weighted by Gasteiger charge is 2.53. The van der Waals surface area contributed by atoms with Crippen molar-refractivity contribution in [1.82, 2.24) is 4.90 Å². The van der Waals surface area contributed by atoms with Crippen LogP contribution in [0.4, 0.5) is 18.9 Å². The largest absolute Gasteiger partial charge is 0.466 e. The van der Waals surface area contributed by atoms with Gasteiger partial charge >= 0.3 is 12.1 Å². The first-order valence-electron chi connectivity index (χ1n) is 14.7. The highest BCUT2D eigenvalue weighted by atomic mass is 32.1. The molecule has 2 saturated heterocycles. The Labute approximate surface area is 255 Å². The normalized spacial score (nSPS) is 24.3. The smallest absolute Gasteiger partial charge is 0.418 e. The van der Waals surface area contributed by atoms with Crippen LogP contribution in [0.3, 0.4) is 0 Å². The van der Waals surface area contributed by atoms with Crippen molar-refractivity contribution >= 4 is 34.9 Å². The highest BCUT2D eigenvalue weighted by molar-refractivity contribution is 7.80. The van der Waals surface area contributed by atoms with E-state index in [9.17, 15) is 28.0 Å². The van der Waals surface area contributed by atoms with Gasteiger partial charge < -0.3 is 23.8 Å². The molecule has 2 heterocycles. The van der Waals surface area contributed by atoms with Crippen molar-refractivity contribution in [2.75, 3.05) is 31.3 Å². The lowest BCUT2D eigenvalue weighted by Gasteiger charge is -2.40. The third-order valence-corrected chi connectivity index (χ3v) is 8.55. The number of carbonyl (C=O) groups excluding carboxylic acids is 2. The van der Waals surface area contributed by atoms with Crippen molar-refractivity contribution in [3.8, 4) is 6.07 Å². The molecule has 9 nitrogen and oxygen atoms in total. The van der Waals surface area contributed by atoms with E-state index in [1.807, 2.05) is 0 Å². The number of rotatable bonds is 10. The van der Waals surface area contributed by atoms with E-state index >= 15 is 0 Å². The molecule has 1 unspecified atom stereocenters. The summed E-state index contributed by atoms with van der Waals surface area (Å²) in [7, 11) is 0. The Bertz CT molecular complexity index is 1240. The van der Waals surface area contributed by atoms with Crippen molar-refractivity contribution in [3.05, 3.63) is 28.8 Å². The minimum atomic E-state index is -4.96. The van der Waals surface area contributed by atoms with Gasteiger partial charge in [0.15, 0.2) is 11.4 Å². The maximum absolute atomic E-state index is 14.3. The van der Waals surface area contributed by atoms with Crippen LogP contribution in [0.15, 0.2) is 12.1 Å². The molecule has 0 radical (unpaired) electrons. The van der Waals surface area contributed by atoms with Crippen LogP contribution in [0.2, 0.25) is 0 Å². The molecule has 0 spiro atoms. The fraction of sp³-hybridized carbons (Fsp3) is 0.667. The molecule has 43 heavy (non-hydrogen) atoms. The monoisotopic (exact) mass is 625 g/mol. The summed E-state index contributed by atoms with van der Waals surface area (Å²) in [5.74, 6) is -1.42. The van der Waals surface area contributed by atoms with Gasteiger partial charge in [-0.3, -0.25) is 14.5 Å². The molecule has 4 rings (SSSR count). The summed E-state index contributed by atoms with van der Waals surface area (Å²) in [6.45, 7) is 6.47. The number of ether oxygens (including phenoxy) is 4. The number of benzene rings is 1. The topological polar surface area (TPSA) is 101 Å². The minimum Gasteiger partial charge on any atom is -0.466 e. The number of nitrogens with zero attached hydrogens (tertiary/aromatic N) is 3. The third kappa shape index (κ3) is 7.30. The zero-order valence-electron chi connectivity index (χ0n) is 24.7. The summed E-state index contributed by atoms with van der Waals surface area (Å²) in [4.78, 5) is 29.1. The van der Waals surface area contributed by atoms with Crippen LogP contribution in [0.25, 0.3) is 0 Å². The van der Waals surface area contributed by atoms with Crippen LogP contribution in [0, 0.1) is 11.3 Å². The van der Waals surface area contributed by atoms with E-state index in [4.69, 9.17) is 31.2 Å². The molecular weight excluding hydrogens is 587 g/mol. The molecule has 0 bridgehead atoms. The number of thiocarbonyl (C=S) groups is 1. The average Bonchev–Trinajstić information content (AvgIpc) is 3.14. The van der Waals surface area contributed by atoms with Crippen LogP contribution in [-0.2, 0) is 41.1 Å². The number of halogens is 3. The van der Waals surface area contributed by atoms with E-state index in [1.54, 1.807) is 24.8 Å². The lowest BCUT2D eigenvalue weighted by molar-refractivity contribution is -0.172. The molecule has 0 aromatic heterocycles. The summed E-state index contributed by atoms with van der Waals surface area (Å²) >= 11 is 5.76. The van der Waals surface area contributed by atoms with Gasteiger partial charge in [-0.1, -0.05) is 0 Å². The molecule has 13 heteroatoms. The van der Waals surface area contributed by atoms with E-state index in [1.165, 1.54) is 13.0 Å². The standard InChI is InChI=1S/C30H38F3N3O6S/c1-4-39-24(37)17-22-23(13-8-19(18-34)26(22)30(31,32)33)35-27(38)29(2,3)36(28(35)43)20-9-11-21(12-10-20)40-15-16-42-25-7-5-6-14-41-25/h8,13,20-21,25H,4-7,9-12,14-17H2,1-3H3. The molecule has 1 amide bonds. The SMILES string of the molecule is CCOC(=O)Cc1c(N2C(=O)C(C)(C)N(C3CCC(OCCOC4CCCCO4)CC3)C2=S)ccc(C#N)c1C(F)(F)F. The quantitative estimate of drug-likeness (QED) is 0.196. The molecule has 3 fully saturated rings. The first-order chi connectivity index (χ1) is 20.4. The van der Waals surface area contributed by atoms with Gasteiger partial charge in [-0.05, 0) is 90.1 Å².